The highest BCUT2D eigenvalue weighted by Gasteiger charge is 2.10. The smallest absolute Gasteiger partial charge is 0.255 e. The number of aromatic nitrogens is 2. The second-order valence-corrected chi connectivity index (χ2v) is 5.75. The Morgan fingerprint density at radius 3 is 2.23 bits per heavy atom. The summed E-state index contributed by atoms with van der Waals surface area (Å²) >= 11 is 0. The number of benzene rings is 2. The van der Waals surface area contributed by atoms with Crippen molar-refractivity contribution in [3.8, 4) is 0 Å². The molecular formula is C19H16F2N4O. The summed E-state index contributed by atoms with van der Waals surface area (Å²) in [6.45, 7) is 3.75. The van der Waals surface area contributed by atoms with Crippen LogP contribution in [0.25, 0.3) is 0 Å². The SMILES string of the molecule is Cc1cc(C)nc(Nc2ccc(C(=O)Nc3cc(F)ccc3F)cc2)n1. The number of anilines is 3. The van der Waals surface area contributed by atoms with E-state index in [1.165, 1.54) is 0 Å². The summed E-state index contributed by atoms with van der Waals surface area (Å²) in [5.74, 6) is -1.41. The number of nitrogens with one attached hydrogen (secondary N) is 2. The predicted octanol–water partition coefficient (Wildman–Crippen LogP) is 4.37. The lowest BCUT2D eigenvalue weighted by Gasteiger charge is -2.09. The van der Waals surface area contributed by atoms with Crippen molar-refractivity contribution >= 4 is 23.2 Å². The molecule has 0 aliphatic carbocycles. The quantitative estimate of drug-likeness (QED) is 0.730. The molecule has 132 valence electrons. The van der Waals surface area contributed by atoms with Gasteiger partial charge in [-0.05, 0) is 56.3 Å². The van der Waals surface area contributed by atoms with Crippen molar-refractivity contribution < 1.29 is 13.6 Å². The van der Waals surface area contributed by atoms with Gasteiger partial charge in [0.05, 0.1) is 5.69 Å². The highest BCUT2D eigenvalue weighted by molar-refractivity contribution is 6.04. The highest BCUT2D eigenvalue weighted by Crippen LogP contribution is 2.18. The minimum atomic E-state index is -0.704. The summed E-state index contributed by atoms with van der Waals surface area (Å²) in [5, 5.41) is 5.41. The van der Waals surface area contributed by atoms with Gasteiger partial charge in [-0.15, -0.1) is 0 Å². The van der Waals surface area contributed by atoms with Gasteiger partial charge in [-0.1, -0.05) is 0 Å². The number of nitrogens with zero attached hydrogens (tertiary/aromatic N) is 2. The first-order chi connectivity index (χ1) is 12.4. The van der Waals surface area contributed by atoms with E-state index in [9.17, 15) is 13.6 Å². The Bertz CT molecular complexity index is 938. The maximum absolute atomic E-state index is 13.6. The van der Waals surface area contributed by atoms with Crippen molar-refractivity contribution in [2.24, 2.45) is 0 Å². The first kappa shape index (κ1) is 17.5. The molecule has 0 aliphatic rings. The molecule has 7 heteroatoms. The Balaban J connectivity index is 1.72. The van der Waals surface area contributed by atoms with E-state index in [1.807, 2.05) is 19.9 Å². The zero-order valence-corrected chi connectivity index (χ0v) is 14.2. The fraction of sp³-hybridized carbons (Fsp3) is 0.105. The molecule has 1 aromatic heterocycles. The van der Waals surface area contributed by atoms with Crippen LogP contribution >= 0.6 is 0 Å². The van der Waals surface area contributed by atoms with Gasteiger partial charge < -0.3 is 10.6 Å². The van der Waals surface area contributed by atoms with Gasteiger partial charge >= 0.3 is 0 Å². The first-order valence-electron chi connectivity index (χ1n) is 7.86. The van der Waals surface area contributed by atoms with Gasteiger partial charge in [-0.3, -0.25) is 4.79 Å². The fourth-order valence-corrected chi connectivity index (χ4v) is 2.40. The number of carbonyl (C=O) groups is 1. The van der Waals surface area contributed by atoms with Crippen LogP contribution in [0.15, 0.2) is 48.5 Å². The lowest BCUT2D eigenvalue weighted by atomic mass is 10.2. The summed E-state index contributed by atoms with van der Waals surface area (Å²) in [7, 11) is 0. The summed E-state index contributed by atoms with van der Waals surface area (Å²) in [5.41, 5.74) is 2.48. The number of hydrogen-bond donors (Lipinski definition) is 2. The van der Waals surface area contributed by atoms with Gasteiger partial charge in [0.25, 0.3) is 5.91 Å². The molecule has 3 rings (SSSR count). The fourth-order valence-electron chi connectivity index (χ4n) is 2.40. The first-order valence-corrected chi connectivity index (χ1v) is 7.86. The molecule has 2 N–H and O–H groups in total. The van der Waals surface area contributed by atoms with Crippen molar-refractivity contribution in [1.29, 1.82) is 0 Å². The van der Waals surface area contributed by atoms with E-state index < -0.39 is 17.5 Å². The van der Waals surface area contributed by atoms with Crippen molar-refractivity contribution in [2.45, 2.75) is 13.8 Å². The molecule has 2 aromatic carbocycles. The second-order valence-electron chi connectivity index (χ2n) is 5.75. The highest BCUT2D eigenvalue weighted by atomic mass is 19.1. The van der Waals surface area contributed by atoms with Gasteiger partial charge in [0.1, 0.15) is 11.6 Å². The average Bonchev–Trinajstić information content (AvgIpc) is 2.58. The lowest BCUT2D eigenvalue weighted by molar-refractivity contribution is 0.102. The summed E-state index contributed by atoms with van der Waals surface area (Å²) in [6.07, 6.45) is 0. The standard InChI is InChI=1S/C19H16F2N4O/c1-11-9-12(2)23-19(22-11)24-15-6-3-13(4-7-15)18(26)25-17-10-14(20)5-8-16(17)21/h3-10H,1-2H3,(H,25,26)(H,22,23,24). The molecule has 5 nitrogen and oxygen atoms in total. The maximum Gasteiger partial charge on any atom is 0.255 e. The number of rotatable bonds is 4. The largest absolute Gasteiger partial charge is 0.324 e. The van der Waals surface area contributed by atoms with Gasteiger partial charge in [-0.25, -0.2) is 18.7 Å². The van der Waals surface area contributed by atoms with E-state index >= 15 is 0 Å². The summed E-state index contributed by atoms with van der Waals surface area (Å²) in [6, 6.07) is 11.2. The lowest BCUT2D eigenvalue weighted by Crippen LogP contribution is -2.13. The van der Waals surface area contributed by atoms with E-state index in [-0.39, 0.29) is 5.69 Å². The van der Waals surface area contributed by atoms with E-state index in [4.69, 9.17) is 0 Å². The van der Waals surface area contributed by atoms with Crippen LogP contribution in [-0.2, 0) is 0 Å². The molecule has 0 spiro atoms. The molecule has 1 amide bonds. The molecular weight excluding hydrogens is 338 g/mol. The van der Waals surface area contributed by atoms with Crippen LogP contribution in [-0.4, -0.2) is 15.9 Å². The number of amides is 1. The van der Waals surface area contributed by atoms with E-state index in [1.54, 1.807) is 24.3 Å². The normalized spacial score (nSPS) is 10.5. The van der Waals surface area contributed by atoms with Crippen LogP contribution in [0.4, 0.5) is 26.1 Å². The molecule has 0 atom stereocenters. The van der Waals surface area contributed by atoms with Gasteiger partial charge in [0, 0.05) is 28.7 Å². The molecule has 1 heterocycles. The van der Waals surface area contributed by atoms with E-state index in [2.05, 4.69) is 20.6 Å². The molecule has 26 heavy (non-hydrogen) atoms. The Labute approximate surface area is 149 Å². The van der Waals surface area contributed by atoms with Crippen LogP contribution in [0.5, 0.6) is 0 Å². The molecule has 0 radical (unpaired) electrons. The van der Waals surface area contributed by atoms with Crippen molar-refractivity contribution in [3.05, 3.63) is 77.1 Å². The predicted molar refractivity (Wildman–Crippen MR) is 95.5 cm³/mol. The average molecular weight is 354 g/mol. The molecule has 0 fully saturated rings. The van der Waals surface area contributed by atoms with Crippen LogP contribution in [0, 0.1) is 25.5 Å². The molecule has 0 saturated carbocycles. The summed E-state index contributed by atoms with van der Waals surface area (Å²) < 4.78 is 26.8. The minimum absolute atomic E-state index is 0.208. The Morgan fingerprint density at radius 2 is 1.58 bits per heavy atom. The third-order valence-corrected chi connectivity index (χ3v) is 3.56. The second kappa shape index (κ2) is 7.26. The van der Waals surface area contributed by atoms with Gasteiger partial charge in [0.15, 0.2) is 0 Å². The molecule has 3 aromatic rings. The third-order valence-electron chi connectivity index (χ3n) is 3.56. The molecule has 0 bridgehead atoms. The monoisotopic (exact) mass is 354 g/mol. The number of hydrogen-bond acceptors (Lipinski definition) is 4. The number of carbonyl (C=O) groups excluding carboxylic acids is 1. The molecule has 0 aliphatic heterocycles. The Morgan fingerprint density at radius 1 is 0.923 bits per heavy atom. The maximum atomic E-state index is 13.6. The topological polar surface area (TPSA) is 66.9 Å². The van der Waals surface area contributed by atoms with Crippen molar-refractivity contribution in [3.63, 3.8) is 0 Å². The van der Waals surface area contributed by atoms with Crippen molar-refractivity contribution in [1.82, 2.24) is 9.97 Å². The van der Waals surface area contributed by atoms with Crippen LogP contribution in [0.3, 0.4) is 0 Å². The molecule has 0 unspecified atom stereocenters. The van der Waals surface area contributed by atoms with Crippen LogP contribution in [0.2, 0.25) is 0 Å². The Hall–Kier alpha value is -3.35. The van der Waals surface area contributed by atoms with E-state index in [0.29, 0.717) is 17.2 Å². The van der Waals surface area contributed by atoms with Crippen LogP contribution < -0.4 is 10.6 Å². The number of halogens is 2. The van der Waals surface area contributed by atoms with E-state index in [0.717, 1.165) is 29.6 Å². The molecule has 0 saturated heterocycles. The zero-order chi connectivity index (χ0) is 18.7. The van der Waals surface area contributed by atoms with Crippen LogP contribution in [0.1, 0.15) is 21.7 Å². The van der Waals surface area contributed by atoms with Gasteiger partial charge in [0.2, 0.25) is 5.95 Å². The van der Waals surface area contributed by atoms with Crippen molar-refractivity contribution in [2.75, 3.05) is 10.6 Å². The minimum Gasteiger partial charge on any atom is -0.324 e. The zero-order valence-electron chi connectivity index (χ0n) is 14.2. The van der Waals surface area contributed by atoms with Gasteiger partial charge in [-0.2, -0.15) is 0 Å². The summed E-state index contributed by atoms with van der Waals surface area (Å²) in [4.78, 5) is 20.8. The third kappa shape index (κ3) is 4.18. The Kier molecular flexibility index (Phi) is 4.88. The number of aryl methyl sites for hydroxylation is 2.